The minimum atomic E-state index is -0.411. The van der Waals surface area contributed by atoms with E-state index < -0.39 is 4.92 Å². The summed E-state index contributed by atoms with van der Waals surface area (Å²) in [7, 11) is 0. The van der Waals surface area contributed by atoms with Crippen molar-refractivity contribution in [1.29, 1.82) is 0 Å². The van der Waals surface area contributed by atoms with Crippen molar-refractivity contribution in [2.45, 2.75) is 26.4 Å². The molecular formula is C15H18ClN3O2. The van der Waals surface area contributed by atoms with E-state index in [0.717, 1.165) is 5.56 Å². The molecule has 2 rings (SSSR count). The van der Waals surface area contributed by atoms with E-state index >= 15 is 0 Å². The first-order valence-corrected chi connectivity index (χ1v) is 7.11. The molecule has 1 aromatic carbocycles. The summed E-state index contributed by atoms with van der Waals surface area (Å²) in [5.41, 5.74) is 7.66. The van der Waals surface area contributed by atoms with Crippen LogP contribution in [0.2, 0.25) is 5.02 Å². The fraction of sp³-hybridized carbons (Fsp3) is 0.333. The summed E-state index contributed by atoms with van der Waals surface area (Å²) >= 11 is 6.10. The van der Waals surface area contributed by atoms with Crippen LogP contribution in [0.4, 0.5) is 5.69 Å². The zero-order valence-corrected chi connectivity index (χ0v) is 12.7. The normalized spacial score (nSPS) is 12.6. The number of hydrogen-bond donors (Lipinski definition) is 1. The van der Waals surface area contributed by atoms with Crippen molar-refractivity contribution in [3.63, 3.8) is 0 Å². The van der Waals surface area contributed by atoms with E-state index in [-0.39, 0.29) is 11.7 Å². The third kappa shape index (κ3) is 3.43. The van der Waals surface area contributed by atoms with Crippen LogP contribution in [0, 0.1) is 16.0 Å². The maximum atomic E-state index is 11.1. The Labute approximate surface area is 128 Å². The summed E-state index contributed by atoms with van der Waals surface area (Å²) in [6.07, 6.45) is 3.78. The van der Waals surface area contributed by atoms with Crippen LogP contribution in [0.1, 0.15) is 31.0 Å². The molecule has 112 valence electrons. The van der Waals surface area contributed by atoms with E-state index in [0.29, 0.717) is 23.0 Å². The van der Waals surface area contributed by atoms with Gasteiger partial charge in [-0.2, -0.15) is 0 Å². The lowest BCUT2D eigenvalue weighted by molar-refractivity contribution is -0.385. The average molecular weight is 308 g/mol. The van der Waals surface area contributed by atoms with E-state index in [9.17, 15) is 10.1 Å². The second kappa shape index (κ2) is 6.28. The minimum Gasteiger partial charge on any atom is -0.349 e. The highest BCUT2D eigenvalue weighted by atomic mass is 35.5. The van der Waals surface area contributed by atoms with Gasteiger partial charge >= 0.3 is 0 Å². The number of nitro groups is 1. The third-order valence-electron chi connectivity index (χ3n) is 3.51. The van der Waals surface area contributed by atoms with Crippen molar-refractivity contribution >= 4 is 17.3 Å². The molecule has 1 heterocycles. The first-order chi connectivity index (χ1) is 9.90. The molecule has 6 heteroatoms. The molecule has 1 atom stereocenters. The Balaban J connectivity index is 2.29. The molecule has 0 radical (unpaired) electrons. The van der Waals surface area contributed by atoms with E-state index in [1.165, 1.54) is 6.07 Å². The van der Waals surface area contributed by atoms with Crippen LogP contribution in [0.25, 0.3) is 0 Å². The summed E-state index contributed by atoms with van der Waals surface area (Å²) < 4.78 is 1.87. The van der Waals surface area contributed by atoms with Crippen LogP contribution in [0.5, 0.6) is 0 Å². The molecular weight excluding hydrogens is 290 g/mol. The highest BCUT2D eigenvalue weighted by Crippen LogP contribution is 2.28. The first kappa shape index (κ1) is 15.5. The van der Waals surface area contributed by atoms with Crippen molar-refractivity contribution in [3.05, 3.63) is 62.9 Å². The van der Waals surface area contributed by atoms with E-state index in [1.807, 2.05) is 23.0 Å². The molecule has 0 aliphatic heterocycles. The largest absolute Gasteiger partial charge is 0.349 e. The van der Waals surface area contributed by atoms with Gasteiger partial charge in [0.25, 0.3) is 5.69 Å². The van der Waals surface area contributed by atoms with Crippen LogP contribution in [-0.4, -0.2) is 9.49 Å². The molecule has 0 fully saturated rings. The van der Waals surface area contributed by atoms with Crippen LogP contribution in [-0.2, 0) is 6.54 Å². The maximum Gasteiger partial charge on any atom is 0.275 e. The Morgan fingerprint density at radius 3 is 2.71 bits per heavy atom. The lowest BCUT2D eigenvalue weighted by Gasteiger charge is -2.13. The Hall–Kier alpha value is -1.85. The SMILES string of the molecule is CC(C)C(N)c1ccn(Cc2c(Cl)cccc2[N+](=O)[O-])c1. The Morgan fingerprint density at radius 2 is 2.10 bits per heavy atom. The highest BCUT2D eigenvalue weighted by molar-refractivity contribution is 6.31. The van der Waals surface area contributed by atoms with Gasteiger partial charge in [-0.25, -0.2) is 0 Å². The van der Waals surface area contributed by atoms with Gasteiger partial charge in [-0.1, -0.05) is 31.5 Å². The van der Waals surface area contributed by atoms with Crippen molar-refractivity contribution in [1.82, 2.24) is 4.57 Å². The molecule has 0 amide bonds. The lowest BCUT2D eigenvalue weighted by atomic mass is 10.00. The number of nitrogens with zero attached hydrogens (tertiary/aromatic N) is 2. The van der Waals surface area contributed by atoms with Gasteiger partial charge < -0.3 is 10.3 Å². The number of benzene rings is 1. The monoisotopic (exact) mass is 307 g/mol. The standard InChI is InChI=1S/C15H18ClN3O2/c1-10(2)15(17)11-6-7-18(8-11)9-12-13(16)4-3-5-14(12)19(20)21/h3-8,10,15H,9,17H2,1-2H3. The molecule has 5 nitrogen and oxygen atoms in total. The summed E-state index contributed by atoms with van der Waals surface area (Å²) in [5.74, 6) is 0.329. The zero-order chi connectivity index (χ0) is 15.6. The fourth-order valence-electron chi connectivity index (χ4n) is 2.20. The Morgan fingerprint density at radius 1 is 1.38 bits per heavy atom. The van der Waals surface area contributed by atoms with Gasteiger partial charge in [-0.3, -0.25) is 10.1 Å². The smallest absolute Gasteiger partial charge is 0.275 e. The van der Waals surface area contributed by atoms with Gasteiger partial charge in [-0.15, -0.1) is 0 Å². The van der Waals surface area contributed by atoms with Crippen LogP contribution >= 0.6 is 11.6 Å². The van der Waals surface area contributed by atoms with Crippen molar-refractivity contribution in [3.8, 4) is 0 Å². The summed E-state index contributed by atoms with van der Waals surface area (Å²) in [5, 5.41) is 11.5. The van der Waals surface area contributed by atoms with Gasteiger partial charge in [0, 0.05) is 24.5 Å². The number of nitro benzene ring substituents is 1. The van der Waals surface area contributed by atoms with Gasteiger partial charge in [0.1, 0.15) is 0 Å². The zero-order valence-electron chi connectivity index (χ0n) is 12.0. The average Bonchev–Trinajstić information content (AvgIpc) is 2.88. The topological polar surface area (TPSA) is 74.1 Å². The molecule has 0 aliphatic rings. The number of halogens is 1. The van der Waals surface area contributed by atoms with Gasteiger partial charge in [0.2, 0.25) is 0 Å². The second-order valence-corrected chi connectivity index (χ2v) is 5.79. The Kier molecular flexibility index (Phi) is 4.65. The molecule has 0 spiro atoms. The maximum absolute atomic E-state index is 11.1. The molecule has 0 bridgehead atoms. The van der Waals surface area contributed by atoms with Crippen molar-refractivity contribution < 1.29 is 4.92 Å². The number of rotatable bonds is 5. The summed E-state index contributed by atoms with van der Waals surface area (Å²) in [6, 6.07) is 6.60. The molecule has 1 unspecified atom stereocenters. The molecule has 0 saturated heterocycles. The molecule has 2 aromatic rings. The van der Waals surface area contributed by atoms with E-state index in [1.54, 1.807) is 12.1 Å². The third-order valence-corrected chi connectivity index (χ3v) is 3.86. The van der Waals surface area contributed by atoms with Crippen LogP contribution in [0.15, 0.2) is 36.7 Å². The van der Waals surface area contributed by atoms with Gasteiger partial charge in [-0.05, 0) is 23.6 Å². The molecule has 1 aromatic heterocycles. The van der Waals surface area contributed by atoms with Gasteiger partial charge in [0.05, 0.1) is 22.1 Å². The molecule has 21 heavy (non-hydrogen) atoms. The van der Waals surface area contributed by atoms with Crippen molar-refractivity contribution in [2.24, 2.45) is 11.7 Å². The molecule has 0 aliphatic carbocycles. The Bertz CT molecular complexity index is 652. The molecule has 2 N–H and O–H groups in total. The number of nitrogens with two attached hydrogens (primary N) is 1. The molecule has 0 saturated carbocycles. The predicted octanol–water partition coefficient (Wildman–Crippen LogP) is 3.75. The highest BCUT2D eigenvalue weighted by Gasteiger charge is 2.18. The van der Waals surface area contributed by atoms with Crippen LogP contribution < -0.4 is 5.73 Å². The quantitative estimate of drug-likeness (QED) is 0.675. The number of hydrogen-bond acceptors (Lipinski definition) is 3. The van der Waals surface area contributed by atoms with Crippen molar-refractivity contribution in [2.75, 3.05) is 0 Å². The van der Waals surface area contributed by atoms with Gasteiger partial charge in [0.15, 0.2) is 0 Å². The van der Waals surface area contributed by atoms with E-state index in [2.05, 4.69) is 13.8 Å². The fourth-order valence-corrected chi connectivity index (χ4v) is 2.43. The summed E-state index contributed by atoms with van der Waals surface area (Å²) in [6.45, 7) is 4.46. The lowest BCUT2D eigenvalue weighted by Crippen LogP contribution is -2.16. The van der Waals surface area contributed by atoms with Crippen LogP contribution in [0.3, 0.4) is 0 Å². The van der Waals surface area contributed by atoms with E-state index in [4.69, 9.17) is 17.3 Å². The number of aromatic nitrogens is 1. The minimum absolute atomic E-state index is 0.0332. The predicted molar refractivity (Wildman–Crippen MR) is 83.4 cm³/mol. The first-order valence-electron chi connectivity index (χ1n) is 6.73. The second-order valence-electron chi connectivity index (χ2n) is 5.38. The summed E-state index contributed by atoms with van der Waals surface area (Å²) in [4.78, 5) is 10.7.